The van der Waals surface area contributed by atoms with Gasteiger partial charge in [-0.1, -0.05) is 24.1 Å². The minimum Gasteiger partial charge on any atom is -0.378 e. The van der Waals surface area contributed by atoms with Crippen molar-refractivity contribution >= 4 is 29.7 Å². The second-order valence-corrected chi connectivity index (χ2v) is 5.22. The van der Waals surface area contributed by atoms with E-state index in [1.165, 1.54) is 19.3 Å². The van der Waals surface area contributed by atoms with E-state index >= 15 is 0 Å². The van der Waals surface area contributed by atoms with Gasteiger partial charge in [-0.2, -0.15) is 0 Å². The molecule has 0 saturated heterocycles. The Kier molecular flexibility index (Phi) is 5.11. The Labute approximate surface area is 115 Å². The van der Waals surface area contributed by atoms with E-state index in [0.29, 0.717) is 5.92 Å². The van der Waals surface area contributed by atoms with Crippen LogP contribution in [0.3, 0.4) is 0 Å². The molecule has 1 atom stereocenters. The van der Waals surface area contributed by atoms with E-state index in [-0.39, 0.29) is 18.4 Å². The van der Waals surface area contributed by atoms with Gasteiger partial charge in [-0.3, -0.25) is 0 Å². The molecule has 0 aromatic heterocycles. The molecule has 17 heavy (non-hydrogen) atoms. The molecule has 2 rings (SSSR count). The second kappa shape index (κ2) is 5.94. The van der Waals surface area contributed by atoms with Crippen molar-refractivity contribution in [3.63, 3.8) is 0 Å². The molecular weight excluding hydrogens is 255 g/mol. The van der Waals surface area contributed by atoms with E-state index in [2.05, 4.69) is 12.1 Å². The third-order valence-electron chi connectivity index (χ3n) is 3.52. The summed E-state index contributed by atoms with van der Waals surface area (Å²) in [7, 11) is 4.02. The van der Waals surface area contributed by atoms with Gasteiger partial charge in [-0.05, 0) is 36.5 Å². The van der Waals surface area contributed by atoms with Gasteiger partial charge >= 0.3 is 0 Å². The van der Waals surface area contributed by atoms with Crippen LogP contribution in [0.4, 0.5) is 5.69 Å². The van der Waals surface area contributed by atoms with Gasteiger partial charge < -0.3 is 10.6 Å². The zero-order valence-electron chi connectivity index (χ0n) is 10.3. The Morgan fingerprint density at radius 2 is 2.00 bits per heavy atom. The topological polar surface area (TPSA) is 29.3 Å². The lowest BCUT2D eigenvalue weighted by molar-refractivity contribution is 0.264. The first-order valence-electron chi connectivity index (χ1n) is 5.82. The van der Waals surface area contributed by atoms with Crippen LogP contribution in [-0.2, 0) is 0 Å². The first kappa shape index (κ1) is 14.6. The van der Waals surface area contributed by atoms with Gasteiger partial charge in [-0.25, -0.2) is 0 Å². The third-order valence-corrected chi connectivity index (χ3v) is 3.84. The van der Waals surface area contributed by atoms with Crippen LogP contribution in [0, 0.1) is 5.92 Å². The van der Waals surface area contributed by atoms with Crippen LogP contribution in [0.15, 0.2) is 18.2 Å². The molecule has 0 spiro atoms. The van der Waals surface area contributed by atoms with Crippen LogP contribution in [0.2, 0.25) is 5.02 Å². The highest BCUT2D eigenvalue weighted by Crippen LogP contribution is 2.39. The van der Waals surface area contributed by atoms with E-state index < -0.39 is 0 Å². The van der Waals surface area contributed by atoms with Crippen LogP contribution in [0.1, 0.15) is 30.9 Å². The van der Waals surface area contributed by atoms with Crippen molar-refractivity contribution in [2.45, 2.75) is 25.3 Å². The van der Waals surface area contributed by atoms with E-state index in [1.54, 1.807) is 0 Å². The van der Waals surface area contributed by atoms with E-state index in [4.69, 9.17) is 17.3 Å². The quantitative estimate of drug-likeness (QED) is 0.912. The maximum atomic E-state index is 6.29. The van der Waals surface area contributed by atoms with Crippen LogP contribution >= 0.6 is 24.0 Å². The summed E-state index contributed by atoms with van der Waals surface area (Å²) in [5, 5.41) is 0.797. The van der Waals surface area contributed by atoms with Crippen LogP contribution in [-0.4, -0.2) is 14.1 Å². The number of nitrogens with zero attached hydrogens (tertiary/aromatic N) is 1. The Balaban J connectivity index is 0.00000144. The highest BCUT2D eigenvalue weighted by atomic mass is 35.5. The van der Waals surface area contributed by atoms with Crippen molar-refractivity contribution in [2.75, 3.05) is 19.0 Å². The van der Waals surface area contributed by atoms with Crippen molar-refractivity contribution in [1.29, 1.82) is 0 Å². The molecule has 4 heteroatoms. The first-order valence-corrected chi connectivity index (χ1v) is 6.19. The number of benzene rings is 1. The summed E-state index contributed by atoms with van der Waals surface area (Å²) in [5.74, 6) is 0.628. The fourth-order valence-electron chi connectivity index (χ4n) is 2.12. The Hall–Kier alpha value is -0.440. The molecule has 2 nitrogen and oxygen atoms in total. The molecule has 2 N–H and O–H groups in total. The lowest BCUT2D eigenvalue weighted by Crippen LogP contribution is -2.27. The molecule has 0 radical (unpaired) electrons. The highest BCUT2D eigenvalue weighted by molar-refractivity contribution is 6.31. The summed E-state index contributed by atoms with van der Waals surface area (Å²) in [5.41, 5.74) is 8.44. The number of hydrogen-bond acceptors (Lipinski definition) is 2. The van der Waals surface area contributed by atoms with Crippen molar-refractivity contribution in [3.8, 4) is 0 Å². The number of hydrogen-bond donors (Lipinski definition) is 1. The molecule has 96 valence electrons. The minimum absolute atomic E-state index is 0. The van der Waals surface area contributed by atoms with E-state index in [9.17, 15) is 0 Å². The van der Waals surface area contributed by atoms with Gasteiger partial charge in [0.1, 0.15) is 0 Å². The molecule has 1 saturated carbocycles. The minimum atomic E-state index is 0. The van der Waals surface area contributed by atoms with Gasteiger partial charge in [0.05, 0.1) is 0 Å². The van der Waals surface area contributed by atoms with Gasteiger partial charge in [0.15, 0.2) is 0 Å². The summed E-state index contributed by atoms with van der Waals surface area (Å²) < 4.78 is 0. The van der Waals surface area contributed by atoms with Gasteiger partial charge in [0.2, 0.25) is 0 Å². The summed E-state index contributed by atoms with van der Waals surface area (Å²) in [6, 6.07) is 6.26. The molecule has 1 aliphatic rings. The van der Waals surface area contributed by atoms with Gasteiger partial charge in [0.25, 0.3) is 0 Å². The summed E-state index contributed by atoms with van der Waals surface area (Å²) >= 11 is 6.29. The average Bonchev–Trinajstić information content (AvgIpc) is 2.14. The number of nitrogens with two attached hydrogens (primary N) is 1. The number of halogens is 2. The molecule has 0 amide bonds. The highest BCUT2D eigenvalue weighted by Gasteiger charge is 2.26. The Morgan fingerprint density at radius 3 is 2.41 bits per heavy atom. The zero-order chi connectivity index (χ0) is 11.7. The molecule has 1 aliphatic carbocycles. The SMILES string of the molecule is CN(C)c1ccc([C@H](N)C2CCC2)c(Cl)c1.Cl. The number of anilines is 1. The van der Waals surface area contributed by atoms with Crippen molar-refractivity contribution in [2.24, 2.45) is 11.7 Å². The Bertz CT molecular complexity index is 376. The van der Waals surface area contributed by atoms with Crippen molar-refractivity contribution in [1.82, 2.24) is 0 Å². The lowest BCUT2D eigenvalue weighted by Gasteiger charge is -2.32. The fourth-order valence-corrected chi connectivity index (χ4v) is 2.42. The van der Waals surface area contributed by atoms with Gasteiger partial charge in [0, 0.05) is 30.8 Å². The molecule has 1 fully saturated rings. The molecule has 0 bridgehead atoms. The summed E-state index contributed by atoms with van der Waals surface area (Å²) in [4.78, 5) is 2.05. The molecule has 0 aliphatic heterocycles. The maximum Gasteiger partial charge on any atom is 0.0474 e. The van der Waals surface area contributed by atoms with Crippen molar-refractivity contribution in [3.05, 3.63) is 28.8 Å². The molecule has 0 unspecified atom stereocenters. The predicted molar refractivity (Wildman–Crippen MR) is 77.3 cm³/mol. The van der Waals surface area contributed by atoms with E-state index in [1.807, 2.05) is 25.1 Å². The summed E-state index contributed by atoms with van der Waals surface area (Å²) in [6.07, 6.45) is 3.80. The molecule has 1 aromatic rings. The smallest absolute Gasteiger partial charge is 0.0474 e. The normalized spacial score (nSPS) is 16.9. The van der Waals surface area contributed by atoms with Gasteiger partial charge in [-0.15, -0.1) is 12.4 Å². The monoisotopic (exact) mass is 274 g/mol. The van der Waals surface area contributed by atoms with Crippen LogP contribution < -0.4 is 10.6 Å². The molecule has 0 heterocycles. The standard InChI is InChI=1S/C13H19ClN2.ClH/c1-16(2)10-6-7-11(12(14)8-10)13(15)9-4-3-5-9;/h6-9,13H,3-5,15H2,1-2H3;1H/t13-;/m1./s1. The average molecular weight is 275 g/mol. The van der Waals surface area contributed by atoms with Crippen LogP contribution in [0.5, 0.6) is 0 Å². The molecule has 1 aromatic carbocycles. The lowest BCUT2D eigenvalue weighted by atomic mass is 9.77. The fraction of sp³-hybridized carbons (Fsp3) is 0.538. The number of rotatable bonds is 3. The molecular formula is C13H20Cl2N2. The predicted octanol–water partition coefficient (Wildman–Crippen LogP) is 3.63. The largest absolute Gasteiger partial charge is 0.378 e. The second-order valence-electron chi connectivity index (χ2n) is 4.82. The zero-order valence-corrected chi connectivity index (χ0v) is 11.9. The summed E-state index contributed by atoms with van der Waals surface area (Å²) in [6.45, 7) is 0. The van der Waals surface area contributed by atoms with Crippen LogP contribution in [0.25, 0.3) is 0 Å². The first-order chi connectivity index (χ1) is 7.59. The van der Waals surface area contributed by atoms with Crippen molar-refractivity contribution < 1.29 is 0 Å². The third kappa shape index (κ3) is 3.06. The maximum absolute atomic E-state index is 6.29. The van der Waals surface area contributed by atoms with E-state index in [0.717, 1.165) is 16.3 Å². The Morgan fingerprint density at radius 1 is 1.35 bits per heavy atom.